The van der Waals surface area contributed by atoms with Gasteiger partial charge in [-0.15, -0.1) is 0 Å². The second kappa shape index (κ2) is 6.43. The topological polar surface area (TPSA) is 96.4 Å². The molecular formula is C15H15FN2O4S. The van der Waals surface area contributed by atoms with Gasteiger partial charge < -0.3 is 10.4 Å². The van der Waals surface area contributed by atoms with E-state index in [1.54, 1.807) is 0 Å². The van der Waals surface area contributed by atoms with E-state index in [1.807, 2.05) is 0 Å². The largest absolute Gasteiger partial charge is 0.378 e. The van der Waals surface area contributed by atoms with Gasteiger partial charge in [0.05, 0.1) is 9.79 Å². The maximum atomic E-state index is 12.5. The highest BCUT2D eigenvalue weighted by atomic mass is 32.2. The summed E-state index contributed by atoms with van der Waals surface area (Å²) in [7, 11) is -3.68. The third-order valence-electron chi connectivity index (χ3n) is 3.13. The van der Waals surface area contributed by atoms with Crippen LogP contribution in [0.3, 0.4) is 0 Å². The van der Waals surface area contributed by atoms with Gasteiger partial charge in [0.15, 0.2) is 5.60 Å². The number of pyridine rings is 1. The maximum absolute atomic E-state index is 12.5. The van der Waals surface area contributed by atoms with Crippen LogP contribution in [0.15, 0.2) is 58.6 Å². The third kappa shape index (κ3) is 3.72. The molecule has 1 atom stereocenters. The SMILES string of the molecule is CC(O)(CF)C(=O)Nc1ccc(S(=O)(=O)c2ccncc2)cc1. The number of carbonyl (C=O) groups excluding carboxylic acids is 1. The summed E-state index contributed by atoms with van der Waals surface area (Å²) in [6, 6.07) is 8.11. The van der Waals surface area contributed by atoms with E-state index < -0.39 is 28.0 Å². The quantitative estimate of drug-likeness (QED) is 0.863. The van der Waals surface area contributed by atoms with Crippen LogP contribution >= 0.6 is 0 Å². The molecule has 1 amide bonds. The number of amides is 1. The average molecular weight is 338 g/mol. The lowest BCUT2D eigenvalue weighted by Crippen LogP contribution is -2.41. The van der Waals surface area contributed by atoms with Gasteiger partial charge in [0, 0.05) is 18.1 Å². The highest BCUT2D eigenvalue weighted by molar-refractivity contribution is 7.91. The monoisotopic (exact) mass is 338 g/mol. The Morgan fingerprint density at radius 3 is 2.22 bits per heavy atom. The fraction of sp³-hybridized carbons (Fsp3) is 0.200. The van der Waals surface area contributed by atoms with Crippen LogP contribution in [0.4, 0.5) is 10.1 Å². The van der Waals surface area contributed by atoms with Crippen molar-refractivity contribution in [3.8, 4) is 0 Å². The van der Waals surface area contributed by atoms with E-state index in [0.717, 1.165) is 6.92 Å². The maximum Gasteiger partial charge on any atom is 0.258 e. The minimum absolute atomic E-state index is 0.0407. The molecule has 1 aromatic heterocycles. The molecule has 23 heavy (non-hydrogen) atoms. The zero-order valence-electron chi connectivity index (χ0n) is 12.2. The van der Waals surface area contributed by atoms with Crippen molar-refractivity contribution in [1.29, 1.82) is 0 Å². The lowest BCUT2D eigenvalue weighted by Gasteiger charge is -2.18. The van der Waals surface area contributed by atoms with Gasteiger partial charge in [-0.1, -0.05) is 0 Å². The molecule has 6 nitrogen and oxygen atoms in total. The molecule has 1 unspecified atom stereocenters. The highest BCUT2D eigenvalue weighted by Crippen LogP contribution is 2.22. The zero-order valence-corrected chi connectivity index (χ0v) is 13.0. The predicted octanol–water partition coefficient (Wildman–Crippen LogP) is 1.57. The number of carbonyl (C=O) groups is 1. The number of alkyl halides is 1. The number of aliphatic hydroxyl groups is 1. The van der Waals surface area contributed by atoms with Gasteiger partial charge in [-0.25, -0.2) is 12.8 Å². The molecule has 2 N–H and O–H groups in total. The van der Waals surface area contributed by atoms with Crippen LogP contribution < -0.4 is 5.32 Å². The number of anilines is 1. The molecule has 0 fully saturated rings. The van der Waals surface area contributed by atoms with Crippen molar-refractivity contribution in [2.75, 3.05) is 12.0 Å². The van der Waals surface area contributed by atoms with Crippen LogP contribution in [0.25, 0.3) is 0 Å². The Kier molecular flexibility index (Phi) is 4.76. The first-order chi connectivity index (χ1) is 10.8. The Bertz CT molecular complexity index is 790. The van der Waals surface area contributed by atoms with Crippen molar-refractivity contribution in [1.82, 2.24) is 4.98 Å². The molecule has 1 heterocycles. The van der Waals surface area contributed by atoms with E-state index >= 15 is 0 Å². The summed E-state index contributed by atoms with van der Waals surface area (Å²) in [4.78, 5) is 15.5. The molecule has 0 spiro atoms. The highest BCUT2D eigenvalue weighted by Gasteiger charge is 2.30. The van der Waals surface area contributed by atoms with Gasteiger partial charge in [0.2, 0.25) is 9.84 Å². The first kappa shape index (κ1) is 17.0. The summed E-state index contributed by atoms with van der Waals surface area (Å²) in [5.74, 6) is -0.912. The van der Waals surface area contributed by atoms with E-state index in [9.17, 15) is 22.7 Å². The van der Waals surface area contributed by atoms with E-state index in [2.05, 4.69) is 10.3 Å². The smallest absolute Gasteiger partial charge is 0.258 e. The molecule has 0 radical (unpaired) electrons. The van der Waals surface area contributed by atoms with Gasteiger partial charge in [-0.2, -0.15) is 0 Å². The van der Waals surface area contributed by atoms with E-state index in [4.69, 9.17) is 0 Å². The van der Waals surface area contributed by atoms with Crippen LogP contribution in [-0.4, -0.2) is 36.7 Å². The average Bonchev–Trinajstić information content (AvgIpc) is 2.56. The Morgan fingerprint density at radius 1 is 1.17 bits per heavy atom. The molecule has 122 valence electrons. The van der Waals surface area contributed by atoms with Crippen LogP contribution in [0.2, 0.25) is 0 Å². The number of nitrogens with one attached hydrogen (secondary N) is 1. The van der Waals surface area contributed by atoms with E-state index in [0.29, 0.717) is 0 Å². The summed E-state index contributed by atoms with van der Waals surface area (Å²) in [5.41, 5.74) is -1.89. The number of aromatic nitrogens is 1. The van der Waals surface area contributed by atoms with E-state index in [-0.39, 0.29) is 15.5 Å². The van der Waals surface area contributed by atoms with Crippen molar-refractivity contribution >= 4 is 21.4 Å². The first-order valence-corrected chi connectivity index (χ1v) is 8.11. The predicted molar refractivity (Wildman–Crippen MR) is 81.4 cm³/mol. The molecule has 2 aromatic rings. The van der Waals surface area contributed by atoms with E-state index in [1.165, 1.54) is 48.8 Å². The summed E-state index contributed by atoms with van der Waals surface area (Å²) in [6.07, 6.45) is 2.75. The van der Waals surface area contributed by atoms with Crippen LogP contribution in [0.5, 0.6) is 0 Å². The number of nitrogens with zero attached hydrogens (tertiary/aromatic N) is 1. The molecule has 0 bridgehead atoms. The number of halogens is 1. The second-order valence-electron chi connectivity index (χ2n) is 5.07. The normalized spacial score (nSPS) is 14.0. The Balaban J connectivity index is 2.22. The van der Waals surface area contributed by atoms with Crippen LogP contribution in [0.1, 0.15) is 6.92 Å². The van der Waals surface area contributed by atoms with Crippen molar-refractivity contribution in [2.45, 2.75) is 22.3 Å². The number of benzene rings is 1. The first-order valence-electron chi connectivity index (χ1n) is 6.62. The van der Waals surface area contributed by atoms with Crippen molar-refractivity contribution in [3.63, 3.8) is 0 Å². The Labute approximate surface area is 132 Å². The van der Waals surface area contributed by atoms with Crippen LogP contribution in [-0.2, 0) is 14.6 Å². The summed E-state index contributed by atoms with van der Waals surface area (Å²) >= 11 is 0. The molecular weight excluding hydrogens is 323 g/mol. The second-order valence-corrected chi connectivity index (χ2v) is 7.02. The number of rotatable bonds is 5. The standard InChI is InChI=1S/C15H15FN2O4S/c1-15(20,10-16)14(19)18-11-2-4-12(5-3-11)23(21,22)13-6-8-17-9-7-13/h2-9,20H,10H2,1H3,(H,18,19). The molecule has 2 rings (SSSR count). The fourth-order valence-electron chi connectivity index (χ4n) is 1.70. The number of hydrogen-bond acceptors (Lipinski definition) is 5. The summed E-state index contributed by atoms with van der Waals surface area (Å²) in [6.45, 7) is -0.183. The molecule has 0 aliphatic carbocycles. The van der Waals surface area contributed by atoms with Crippen molar-refractivity contribution in [2.24, 2.45) is 0 Å². The molecule has 0 aliphatic heterocycles. The molecule has 0 saturated heterocycles. The summed E-state index contributed by atoms with van der Waals surface area (Å²) in [5, 5.41) is 11.8. The molecule has 0 aliphatic rings. The Morgan fingerprint density at radius 2 is 1.70 bits per heavy atom. The fourth-order valence-corrected chi connectivity index (χ4v) is 2.94. The molecule has 8 heteroatoms. The number of hydrogen-bond donors (Lipinski definition) is 2. The molecule has 1 aromatic carbocycles. The van der Waals surface area contributed by atoms with Crippen LogP contribution in [0, 0.1) is 0 Å². The van der Waals surface area contributed by atoms with Crippen molar-refractivity contribution < 1.29 is 22.7 Å². The van der Waals surface area contributed by atoms with Gasteiger partial charge >= 0.3 is 0 Å². The lowest BCUT2D eigenvalue weighted by atomic mass is 10.1. The summed E-state index contributed by atoms with van der Waals surface area (Å²) < 4.78 is 37.3. The molecule has 0 saturated carbocycles. The van der Waals surface area contributed by atoms with Crippen molar-refractivity contribution in [3.05, 3.63) is 48.8 Å². The van der Waals surface area contributed by atoms with Gasteiger partial charge in [-0.05, 0) is 43.3 Å². The van der Waals surface area contributed by atoms with Gasteiger partial charge in [-0.3, -0.25) is 9.78 Å². The minimum atomic E-state index is -3.68. The lowest BCUT2D eigenvalue weighted by molar-refractivity contribution is -0.133. The Hall–Kier alpha value is -2.32. The zero-order chi connectivity index (χ0) is 17.1. The minimum Gasteiger partial charge on any atom is -0.378 e. The van der Waals surface area contributed by atoms with Gasteiger partial charge in [0.1, 0.15) is 6.67 Å². The number of sulfone groups is 1. The third-order valence-corrected chi connectivity index (χ3v) is 4.92. The van der Waals surface area contributed by atoms with Gasteiger partial charge in [0.25, 0.3) is 5.91 Å².